The molecule has 0 aliphatic carbocycles. The number of benzene rings is 1. The first-order chi connectivity index (χ1) is 8.63. The van der Waals surface area contributed by atoms with E-state index in [0.717, 1.165) is 11.6 Å². The summed E-state index contributed by atoms with van der Waals surface area (Å²) in [5, 5.41) is 17.7. The third-order valence-corrected chi connectivity index (χ3v) is 3.13. The van der Waals surface area contributed by atoms with Crippen LogP contribution in [0.5, 0.6) is 5.75 Å². The van der Waals surface area contributed by atoms with Crippen molar-refractivity contribution in [2.45, 2.75) is 20.1 Å². The number of aromatic nitrogens is 3. The molecule has 0 amide bonds. The summed E-state index contributed by atoms with van der Waals surface area (Å²) >= 11 is 5.97. The van der Waals surface area contributed by atoms with Crippen LogP contribution in [-0.4, -0.2) is 19.9 Å². The van der Waals surface area contributed by atoms with Crippen molar-refractivity contribution in [3.8, 4) is 5.75 Å². The van der Waals surface area contributed by atoms with Crippen LogP contribution in [0.15, 0.2) is 18.2 Å². The number of hydrogen-bond acceptors (Lipinski definition) is 4. The second kappa shape index (κ2) is 5.37. The van der Waals surface area contributed by atoms with Gasteiger partial charge in [0.25, 0.3) is 0 Å². The summed E-state index contributed by atoms with van der Waals surface area (Å²) in [6.07, 6.45) is 0. The van der Waals surface area contributed by atoms with Gasteiger partial charge in [-0.3, -0.25) is 0 Å². The summed E-state index contributed by atoms with van der Waals surface area (Å²) in [6.45, 7) is 1.99. The van der Waals surface area contributed by atoms with Gasteiger partial charge < -0.3 is 14.4 Å². The molecule has 1 heterocycles. The molecule has 18 heavy (non-hydrogen) atoms. The fourth-order valence-corrected chi connectivity index (χ4v) is 1.77. The van der Waals surface area contributed by atoms with E-state index in [2.05, 4.69) is 10.2 Å². The van der Waals surface area contributed by atoms with Crippen molar-refractivity contribution in [1.82, 2.24) is 14.8 Å². The lowest BCUT2D eigenvalue weighted by Gasteiger charge is -2.10. The van der Waals surface area contributed by atoms with Gasteiger partial charge in [0, 0.05) is 17.6 Å². The zero-order valence-electron chi connectivity index (χ0n) is 10.2. The van der Waals surface area contributed by atoms with E-state index in [9.17, 15) is 5.11 Å². The summed E-state index contributed by atoms with van der Waals surface area (Å²) in [5.41, 5.74) is 0.582. The molecule has 2 rings (SSSR count). The largest absolute Gasteiger partial charge is 0.485 e. The molecule has 1 aromatic carbocycles. The van der Waals surface area contributed by atoms with E-state index in [1.807, 2.05) is 18.5 Å². The molecule has 0 fully saturated rings. The number of aryl methyl sites for hydroxylation is 1. The Kier molecular flexibility index (Phi) is 3.84. The Balaban J connectivity index is 2.16. The monoisotopic (exact) mass is 267 g/mol. The first-order valence-electron chi connectivity index (χ1n) is 5.49. The van der Waals surface area contributed by atoms with Crippen molar-refractivity contribution in [2.75, 3.05) is 0 Å². The average molecular weight is 268 g/mol. The van der Waals surface area contributed by atoms with Crippen LogP contribution in [0.2, 0.25) is 5.02 Å². The average Bonchev–Trinajstić information content (AvgIpc) is 2.68. The molecule has 0 saturated carbocycles. The Morgan fingerprint density at radius 2 is 2.17 bits per heavy atom. The van der Waals surface area contributed by atoms with E-state index in [0.29, 0.717) is 16.3 Å². The molecule has 0 aliphatic heterocycles. The highest BCUT2D eigenvalue weighted by atomic mass is 35.5. The number of hydrogen-bond donors (Lipinski definition) is 1. The van der Waals surface area contributed by atoms with E-state index in [4.69, 9.17) is 16.3 Å². The second-order valence-electron chi connectivity index (χ2n) is 3.89. The van der Waals surface area contributed by atoms with Gasteiger partial charge in [-0.05, 0) is 19.1 Å². The van der Waals surface area contributed by atoms with Crippen LogP contribution in [0.25, 0.3) is 0 Å². The van der Waals surface area contributed by atoms with Gasteiger partial charge in [-0.15, -0.1) is 10.2 Å². The highest BCUT2D eigenvalue weighted by Crippen LogP contribution is 2.26. The second-order valence-corrected chi connectivity index (χ2v) is 4.29. The van der Waals surface area contributed by atoms with Gasteiger partial charge in [0.15, 0.2) is 5.82 Å². The minimum atomic E-state index is -0.160. The van der Waals surface area contributed by atoms with Gasteiger partial charge in [0.1, 0.15) is 18.2 Å². The molecule has 0 unspecified atom stereocenters. The molecule has 1 N–H and O–H groups in total. The lowest BCUT2D eigenvalue weighted by molar-refractivity contribution is 0.254. The zero-order chi connectivity index (χ0) is 13.1. The quantitative estimate of drug-likeness (QED) is 0.918. The van der Waals surface area contributed by atoms with Crippen LogP contribution in [0.3, 0.4) is 0 Å². The number of rotatable bonds is 4. The third kappa shape index (κ3) is 2.47. The van der Waals surface area contributed by atoms with E-state index in [-0.39, 0.29) is 13.2 Å². The van der Waals surface area contributed by atoms with E-state index >= 15 is 0 Å². The fraction of sp³-hybridized carbons (Fsp3) is 0.333. The highest BCUT2D eigenvalue weighted by molar-refractivity contribution is 6.31. The predicted octanol–water partition coefficient (Wildman–Crippen LogP) is 1.85. The molecule has 0 spiro atoms. The SMILES string of the molecule is Cc1nnc(COc2cccc(Cl)c2CO)n1C. The van der Waals surface area contributed by atoms with Crippen molar-refractivity contribution in [2.24, 2.45) is 7.05 Å². The summed E-state index contributed by atoms with van der Waals surface area (Å²) in [4.78, 5) is 0. The summed E-state index contributed by atoms with van der Waals surface area (Å²) in [7, 11) is 1.87. The lowest BCUT2D eigenvalue weighted by atomic mass is 10.2. The van der Waals surface area contributed by atoms with Gasteiger partial charge in [0.05, 0.1) is 6.61 Å². The minimum absolute atomic E-state index is 0.160. The molecular formula is C12H14ClN3O2. The Bertz CT molecular complexity index is 554. The molecule has 0 saturated heterocycles. The highest BCUT2D eigenvalue weighted by Gasteiger charge is 2.10. The van der Waals surface area contributed by atoms with Crippen LogP contribution in [0, 0.1) is 6.92 Å². The van der Waals surface area contributed by atoms with Crippen LogP contribution in [0.4, 0.5) is 0 Å². The van der Waals surface area contributed by atoms with Gasteiger partial charge in [0.2, 0.25) is 0 Å². The van der Waals surface area contributed by atoms with Gasteiger partial charge >= 0.3 is 0 Å². The van der Waals surface area contributed by atoms with Gasteiger partial charge in [-0.25, -0.2) is 0 Å². The number of aliphatic hydroxyl groups excluding tert-OH is 1. The Hall–Kier alpha value is -1.59. The van der Waals surface area contributed by atoms with E-state index in [1.54, 1.807) is 18.2 Å². The van der Waals surface area contributed by atoms with Crippen molar-refractivity contribution in [1.29, 1.82) is 0 Å². The van der Waals surface area contributed by atoms with Crippen molar-refractivity contribution in [3.05, 3.63) is 40.4 Å². The molecule has 0 aliphatic rings. The Morgan fingerprint density at radius 3 is 2.78 bits per heavy atom. The number of halogens is 1. The summed E-state index contributed by atoms with van der Waals surface area (Å²) < 4.78 is 7.47. The van der Waals surface area contributed by atoms with Crippen LogP contribution >= 0.6 is 11.6 Å². The van der Waals surface area contributed by atoms with E-state index < -0.39 is 0 Å². The Labute approximate surface area is 110 Å². The van der Waals surface area contributed by atoms with Crippen molar-refractivity contribution in [3.63, 3.8) is 0 Å². The summed E-state index contributed by atoms with van der Waals surface area (Å²) in [6, 6.07) is 5.26. The first-order valence-corrected chi connectivity index (χ1v) is 5.87. The van der Waals surface area contributed by atoms with E-state index in [1.165, 1.54) is 0 Å². The molecule has 0 bridgehead atoms. The standard InChI is InChI=1S/C12H14ClN3O2/c1-8-14-15-12(16(8)2)7-18-11-5-3-4-10(13)9(11)6-17/h3-5,17H,6-7H2,1-2H3. The number of ether oxygens (including phenoxy) is 1. The van der Waals surface area contributed by atoms with Crippen LogP contribution in [0.1, 0.15) is 17.2 Å². The first kappa shape index (κ1) is 12.9. The maximum absolute atomic E-state index is 9.26. The molecular weight excluding hydrogens is 254 g/mol. The molecule has 6 heteroatoms. The Morgan fingerprint density at radius 1 is 1.39 bits per heavy atom. The molecule has 96 valence electrons. The molecule has 5 nitrogen and oxygen atoms in total. The number of aliphatic hydroxyl groups is 1. The molecule has 1 aromatic heterocycles. The zero-order valence-corrected chi connectivity index (χ0v) is 11.0. The molecule has 2 aromatic rings. The third-order valence-electron chi connectivity index (χ3n) is 2.77. The van der Waals surface area contributed by atoms with Crippen LogP contribution in [-0.2, 0) is 20.3 Å². The summed E-state index contributed by atoms with van der Waals surface area (Å²) in [5.74, 6) is 2.10. The smallest absolute Gasteiger partial charge is 0.170 e. The maximum Gasteiger partial charge on any atom is 0.170 e. The van der Waals surface area contributed by atoms with Gasteiger partial charge in [-0.1, -0.05) is 17.7 Å². The molecule has 0 atom stereocenters. The maximum atomic E-state index is 9.26. The van der Waals surface area contributed by atoms with Gasteiger partial charge in [-0.2, -0.15) is 0 Å². The van der Waals surface area contributed by atoms with Crippen LogP contribution < -0.4 is 4.74 Å². The normalized spacial score (nSPS) is 10.7. The fourth-order valence-electron chi connectivity index (χ4n) is 1.55. The van der Waals surface area contributed by atoms with Crippen molar-refractivity contribution < 1.29 is 9.84 Å². The number of nitrogens with zero attached hydrogens (tertiary/aromatic N) is 3. The lowest BCUT2D eigenvalue weighted by Crippen LogP contribution is -2.05. The van der Waals surface area contributed by atoms with Crippen molar-refractivity contribution >= 4 is 11.6 Å². The topological polar surface area (TPSA) is 60.2 Å². The minimum Gasteiger partial charge on any atom is -0.485 e. The predicted molar refractivity (Wildman–Crippen MR) is 67.4 cm³/mol. The molecule has 0 radical (unpaired) electrons.